The minimum absolute atomic E-state index is 0.00421. The minimum atomic E-state index is -3.87. The van der Waals surface area contributed by atoms with E-state index in [9.17, 15) is 12.8 Å². The van der Waals surface area contributed by atoms with Gasteiger partial charge in [0.15, 0.2) is 11.6 Å². The molecule has 4 aromatic rings. The van der Waals surface area contributed by atoms with Crippen molar-refractivity contribution in [2.75, 3.05) is 24.2 Å². The third-order valence-corrected chi connectivity index (χ3v) is 6.88. The number of hydrogen-bond acceptors (Lipinski definition) is 8. The number of anilines is 1. The second kappa shape index (κ2) is 16.9. The van der Waals surface area contributed by atoms with Gasteiger partial charge in [0.1, 0.15) is 11.6 Å². The molecule has 0 unspecified atom stereocenters. The molecule has 4 rings (SSSR count). The first-order valence-corrected chi connectivity index (χ1v) is 14.9. The standard InChI is InChI=1S/C22H22FN7O3S.3C2H6/c1-15-6-4-8-18(33-3)20(15)30-21(16-7-5-10-24-12-16)27-28-22(30)29(2)34(31,32)11-9-19-25-13-17(23)14-26-19;3*1-2/h4-8,10,12-14H,9,11H2,1-3H3;3*1-2H3. The number of ether oxygens (including phenoxy) is 1. The van der Waals surface area contributed by atoms with Crippen LogP contribution in [-0.4, -0.2) is 58.0 Å². The average Bonchev–Trinajstić information content (AvgIpc) is 3.44. The van der Waals surface area contributed by atoms with Crippen molar-refractivity contribution in [2.45, 2.75) is 54.9 Å². The van der Waals surface area contributed by atoms with Crippen molar-refractivity contribution in [3.8, 4) is 22.8 Å². The zero-order valence-corrected chi connectivity index (χ0v) is 25.6. The summed E-state index contributed by atoms with van der Waals surface area (Å²) in [6, 6.07) is 9.07. The highest BCUT2D eigenvalue weighted by Gasteiger charge is 2.28. The molecule has 40 heavy (non-hydrogen) atoms. The molecule has 3 heterocycles. The normalized spacial score (nSPS) is 10.2. The Kier molecular flexibility index (Phi) is 14.4. The van der Waals surface area contributed by atoms with Crippen molar-refractivity contribution >= 4 is 16.0 Å². The summed E-state index contributed by atoms with van der Waals surface area (Å²) in [5.41, 5.74) is 2.08. The number of hydrogen-bond donors (Lipinski definition) is 0. The van der Waals surface area contributed by atoms with Gasteiger partial charge in [-0.1, -0.05) is 53.7 Å². The third-order valence-electron chi connectivity index (χ3n) is 5.17. The van der Waals surface area contributed by atoms with Crippen LogP contribution in [0.2, 0.25) is 0 Å². The Morgan fingerprint density at radius 1 is 0.950 bits per heavy atom. The van der Waals surface area contributed by atoms with E-state index in [1.807, 2.05) is 66.7 Å². The summed E-state index contributed by atoms with van der Waals surface area (Å²) < 4.78 is 47.8. The lowest BCUT2D eigenvalue weighted by atomic mass is 10.1. The lowest BCUT2D eigenvalue weighted by Gasteiger charge is -2.22. The maximum Gasteiger partial charge on any atom is 0.245 e. The van der Waals surface area contributed by atoms with Gasteiger partial charge in [-0.2, -0.15) is 0 Å². The number of sulfonamides is 1. The van der Waals surface area contributed by atoms with Crippen LogP contribution in [0.4, 0.5) is 10.3 Å². The van der Waals surface area contributed by atoms with E-state index in [2.05, 4.69) is 25.1 Å². The van der Waals surface area contributed by atoms with Gasteiger partial charge in [0.25, 0.3) is 0 Å². The fourth-order valence-corrected chi connectivity index (χ4v) is 4.48. The summed E-state index contributed by atoms with van der Waals surface area (Å²) in [4.78, 5) is 11.8. The highest BCUT2D eigenvalue weighted by Crippen LogP contribution is 2.34. The lowest BCUT2D eigenvalue weighted by Crippen LogP contribution is -2.32. The highest BCUT2D eigenvalue weighted by atomic mass is 32.2. The number of benzene rings is 1. The summed E-state index contributed by atoms with van der Waals surface area (Å²) in [5, 5.41) is 8.50. The molecule has 0 radical (unpaired) electrons. The van der Waals surface area contributed by atoms with E-state index in [4.69, 9.17) is 4.74 Å². The molecule has 0 atom stereocenters. The Balaban J connectivity index is 0.00000125. The van der Waals surface area contributed by atoms with Gasteiger partial charge in [-0.25, -0.2) is 27.1 Å². The molecule has 3 aromatic heterocycles. The molecule has 0 bridgehead atoms. The van der Waals surface area contributed by atoms with Crippen LogP contribution in [0.3, 0.4) is 0 Å². The first-order valence-electron chi connectivity index (χ1n) is 13.2. The van der Waals surface area contributed by atoms with Gasteiger partial charge >= 0.3 is 0 Å². The van der Waals surface area contributed by atoms with Gasteiger partial charge in [-0.3, -0.25) is 9.55 Å². The van der Waals surface area contributed by atoms with Gasteiger partial charge in [0.2, 0.25) is 16.0 Å². The van der Waals surface area contributed by atoms with Crippen LogP contribution in [0.1, 0.15) is 52.9 Å². The van der Waals surface area contributed by atoms with Crippen LogP contribution in [-0.2, 0) is 16.4 Å². The van der Waals surface area contributed by atoms with E-state index in [-0.39, 0.29) is 23.9 Å². The summed E-state index contributed by atoms with van der Waals surface area (Å²) in [6.07, 6.45) is 5.26. The van der Waals surface area contributed by atoms with E-state index >= 15 is 0 Å². The van der Waals surface area contributed by atoms with Crippen LogP contribution in [0.25, 0.3) is 17.1 Å². The second-order valence-electron chi connectivity index (χ2n) is 7.38. The number of nitrogens with zero attached hydrogens (tertiary/aromatic N) is 7. The molecule has 0 aliphatic rings. The van der Waals surface area contributed by atoms with E-state index in [1.165, 1.54) is 14.2 Å². The van der Waals surface area contributed by atoms with Gasteiger partial charge < -0.3 is 4.74 Å². The van der Waals surface area contributed by atoms with Crippen molar-refractivity contribution in [2.24, 2.45) is 0 Å². The first kappa shape index (κ1) is 34.1. The maximum absolute atomic E-state index is 13.2. The summed E-state index contributed by atoms with van der Waals surface area (Å²) in [7, 11) is -0.935. The van der Waals surface area contributed by atoms with Gasteiger partial charge in [0.05, 0.1) is 30.9 Å². The van der Waals surface area contributed by atoms with E-state index < -0.39 is 15.8 Å². The Bertz CT molecular complexity index is 1400. The van der Waals surface area contributed by atoms with E-state index in [0.717, 1.165) is 22.3 Å². The van der Waals surface area contributed by atoms with Crippen LogP contribution in [0, 0.1) is 12.7 Å². The van der Waals surface area contributed by atoms with E-state index in [1.54, 1.807) is 29.1 Å². The zero-order valence-electron chi connectivity index (χ0n) is 24.8. The summed E-state index contributed by atoms with van der Waals surface area (Å²) in [5.74, 6) is 0.320. The molecule has 10 nitrogen and oxygen atoms in total. The van der Waals surface area contributed by atoms with Crippen molar-refractivity contribution < 1.29 is 17.5 Å². The van der Waals surface area contributed by atoms with Gasteiger partial charge in [-0.15, -0.1) is 10.2 Å². The Hall–Kier alpha value is -3.93. The number of halogens is 1. The molecule has 1 aromatic carbocycles. The number of pyridine rings is 1. The molecule has 0 aliphatic heterocycles. The molecular weight excluding hydrogens is 533 g/mol. The Labute approximate surface area is 237 Å². The fourth-order valence-electron chi connectivity index (χ4n) is 3.40. The second-order valence-corrected chi connectivity index (χ2v) is 9.50. The monoisotopic (exact) mass is 573 g/mol. The zero-order chi connectivity index (χ0) is 30.3. The quantitative estimate of drug-likeness (QED) is 0.265. The topological polar surface area (TPSA) is 116 Å². The van der Waals surface area contributed by atoms with Gasteiger partial charge in [0, 0.05) is 31.4 Å². The van der Waals surface area contributed by atoms with Gasteiger partial charge in [-0.05, 0) is 30.7 Å². The molecule has 218 valence electrons. The molecule has 0 saturated carbocycles. The molecule has 0 amide bonds. The van der Waals surface area contributed by atoms with Crippen molar-refractivity contribution in [3.05, 3.63) is 72.3 Å². The number of aryl methyl sites for hydroxylation is 2. The molecule has 0 fully saturated rings. The number of rotatable bonds is 8. The van der Waals surface area contributed by atoms with Crippen LogP contribution >= 0.6 is 0 Å². The van der Waals surface area contributed by atoms with Crippen LogP contribution in [0.5, 0.6) is 5.75 Å². The maximum atomic E-state index is 13.2. The predicted octanol–water partition coefficient (Wildman–Crippen LogP) is 5.66. The van der Waals surface area contributed by atoms with E-state index in [0.29, 0.717) is 22.8 Å². The lowest BCUT2D eigenvalue weighted by molar-refractivity contribution is 0.412. The van der Waals surface area contributed by atoms with Crippen molar-refractivity contribution in [1.82, 2.24) is 29.7 Å². The first-order chi connectivity index (χ1) is 19.3. The van der Waals surface area contributed by atoms with Crippen LogP contribution < -0.4 is 9.04 Å². The van der Waals surface area contributed by atoms with Crippen molar-refractivity contribution in [3.63, 3.8) is 0 Å². The fraction of sp³-hybridized carbons (Fsp3) is 0.393. The number of aromatic nitrogens is 6. The van der Waals surface area contributed by atoms with Crippen LogP contribution in [0.15, 0.2) is 55.1 Å². The molecule has 0 aliphatic carbocycles. The largest absolute Gasteiger partial charge is 0.495 e. The molecule has 12 heteroatoms. The third kappa shape index (κ3) is 8.28. The highest BCUT2D eigenvalue weighted by molar-refractivity contribution is 7.92. The van der Waals surface area contributed by atoms with Crippen molar-refractivity contribution in [1.29, 1.82) is 0 Å². The summed E-state index contributed by atoms with van der Waals surface area (Å²) in [6.45, 7) is 13.9. The molecule has 0 saturated heterocycles. The minimum Gasteiger partial charge on any atom is -0.495 e. The predicted molar refractivity (Wildman–Crippen MR) is 158 cm³/mol. The SMILES string of the molecule is CC.CC.CC.COc1cccc(C)c1-n1c(-c2cccnc2)nnc1N(C)S(=O)(=O)CCc1ncc(F)cn1. The molecular formula is C28H40FN7O3S. The number of methoxy groups -OCH3 is 1. The Morgan fingerprint density at radius 3 is 2.17 bits per heavy atom. The average molecular weight is 574 g/mol. The number of para-hydroxylation sites is 1. The molecule has 0 N–H and O–H groups in total. The molecule has 0 spiro atoms. The Morgan fingerprint density at radius 2 is 1.60 bits per heavy atom. The summed E-state index contributed by atoms with van der Waals surface area (Å²) >= 11 is 0. The smallest absolute Gasteiger partial charge is 0.245 e.